The molecule has 2 aliphatic rings. The Morgan fingerprint density at radius 3 is 2.64 bits per heavy atom. The summed E-state index contributed by atoms with van der Waals surface area (Å²) in [6.07, 6.45) is 6.97. The molecule has 0 aromatic carbocycles. The summed E-state index contributed by atoms with van der Waals surface area (Å²) >= 11 is 0. The average molecular weight is 346 g/mol. The topological polar surface area (TPSA) is 58.4 Å². The minimum atomic E-state index is -0.193. The molecule has 0 N–H and O–H groups in total. The van der Waals surface area contributed by atoms with Crippen molar-refractivity contribution in [3.05, 3.63) is 27.7 Å². The van der Waals surface area contributed by atoms with Crippen LogP contribution in [0.15, 0.2) is 10.9 Å². The smallest absolute Gasteiger partial charge is 0.267 e. The Labute approximate surface area is 149 Å². The maximum Gasteiger partial charge on any atom is 0.267 e. The molecule has 3 heterocycles. The molecule has 25 heavy (non-hydrogen) atoms. The number of amides is 1. The van der Waals surface area contributed by atoms with E-state index in [1.807, 2.05) is 18.7 Å². The summed E-state index contributed by atoms with van der Waals surface area (Å²) in [5.41, 5.74) is 1.48. The molecule has 0 radical (unpaired) electrons. The molecular weight excluding hydrogens is 316 g/mol. The zero-order valence-corrected chi connectivity index (χ0v) is 15.5. The molecule has 2 aliphatic heterocycles. The van der Waals surface area contributed by atoms with Crippen LogP contribution in [0, 0.1) is 13.8 Å². The third-order valence-corrected chi connectivity index (χ3v) is 5.65. The molecule has 0 aliphatic carbocycles. The van der Waals surface area contributed by atoms with Crippen molar-refractivity contribution >= 4 is 5.91 Å². The van der Waals surface area contributed by atoms with Gasteiger partial charge in [0, 0.05) is 25.2 Å². The molecule has 1 aromatic rings. The first-order valence-corrected chi connectivity index (χ1v) is 9.62. The first-order chi connectivity index (χ1) is 12.0. The van der Waals surface area contributed by atoms with Gasteiger partial charge in [-0.05, 0) is 71.0 Å². The van der Waals surface area contributed by atoms with Gasteiger partial charge in [0.05, 0.1) is 5.69 Å². The summed E-state index contributed by atoms with van der Waals surface area (Å²) < 4.78 is 1.32. The number of carbonyl (C=O) groups is 1. The molecule has 2 saturated heterocycles. The Balaban J connectivity index is 1.64. The standard InChI is InChI=1S/C19H30N4O2/c1-15-13-18(24)23(20-16(15)2)14-19(25)22-11-4-3-7-17(22)8-12-21-9-5-6-10-21/h13,17H,3-12,14H2,1-2H3. The van der Waals surface area contributed by atoms with Gasteiger partial charge in [0.25, 0.3) is 5.56 Å². The molecule has 3 rings (SSSR count). The van der Waals surface area contributed by atoms with Crippen LogP contribution >= 0.6 is 0 Å². The largest absolute Gasteiger partial charge is 0.338 e. The van der Waals surface area contributed by atoms with E-state index < -0.39 is 0 Å². The SMILES string of the molecule is Cc1cc(=O)n(CC(=O)N2CCCCC2CCN2CCCC2)nc1C. The van der Waals surface area contributed by atoms with E-state index in [2.05, 4.69) is 10.00 Å². The predicted molar refractivity (Wildman–Crippen MR) is 97.6 cm³/mol. The fraction of sp³-hybridized carbons (Fsp3) is 0.737. The molecule has 6 nitrogen and oxygen atoms in total. The Bertz CT molecular complexity index is 664. The lowest BCUT2D eigenvalue weighted by molar-refractivity contribution is -0.136. The van der Waals surface area contributed by atoms with Gasteiger partial charge >= 0.3 is 0 Å². The van der Waals surface area contributed by atoms with E-state index in [9.17, 15) is 9.59 Å². The van der Waals surface area contributed by atoms with Crippen LogP contribution in [0.4, 0.5) is 0 Å². The summed E-state index contributed by atoms with van der Waals surface area (Å²) in [7, 11) is 0. The normalized spacial score (nSPS) is 21.7. The van der Waals surface area contributed by atoms with Crippen molar-refractivity contribution in [1.29, 1.82) is 0 Å². The van der Waals surface area contributed by atoms with Crippen LogP contribution < -0.4 is 5.56 Å². The van der Waals surface area contributed by atoms with Crippen LogP contribution in [-0.4, -0.2) is 57.7 Å². The lowest BCUT2D eigenvalue weighted by atomic mass is 9.99. The zero-order chi connectivity index (χ0) is 17.8. The highest BCUT2D eigenvalue weighted by atomic mass is 16.2. The zero-order valence-electron chi connectivity index (χ0n) is 15.5. The lowest BCUT2D eigenvalue weighted by Crippen LogP contribution is -2.47. The number of carbonyl (C=O) groups excluding carboxylic acids is 1. The van der Waals surface area contributed by atoms with E-state index >= 15 is 0 Å². The average Bonchev–Trinajstić information content (AvgIpc) is 3.11. The van der Waals surface area contributed by atoms with Crippen molar-refractivity contribution in [1.82, 2.24) is 19.6 Å². The first-order valence-electron chi connectivity index (χ1n) is 9.62. The molecule has 1 unspecified atom stereocenters. The van der Waals surface area contributed by atoms with Crippen LogP contribution in [-0.2, 0) is 11.3 Å². The van der Waals surface area contributed by atoms with Crippen molar-refractivity contribution in [3.63, 3.8) is 0 Å². The van der Waals surface area contributed by atoms with Crippen molar-refractivity contribution in [2.75, 3.05) is 26.2 Å². The fourth-order valence-electron chi connectivity index (χ4n) is 3.97. The number of aryl methyl sites for hydroxylation is 2. The molecule has 1 atom stereocenters. The van der Waals surface area contributed by atoms with Gasteiger partial charge < -0.3 is 9.80 Å². The molecule has 0 spiro atoms. The van der Waals surface area contributed by atoms with Gasteiger partial charge in [-0.2, -0.15) is 5.10 Å². The Morgan fingerprint density at radius 2 is 1.88 bits per heavy atom. The van der Waals surface area contributed by atoms with Gasteiger partial charge in [-0.3, -0.25) is 9.59 Å². The molecule has 0 bridgehead atoms. The minimum Gasteiger partial charge on any atom is -0.338 e. The number of likely N-dealkylation sites (tertiary alicyclic amines) is 2. The lowest BCUT2D eigenvalue weighted by Gasteiger charge is -2.36. The van der Waals surface area contributed by atoms with E-state index in [0.29, 0.717) is 6.04 Å². The van der Waals surface area contributed by atoms with Crippen LogP contribution in [0.1, 0.15) is 49.8 Å². The van der Waals surface area contributed by atoms with Crippen LogP contribution in [0.2, 0.25) is 0 Å². The van der Waals surface area contributed by atoms with E-state index in [1.165, 1.54) is 37.0 Å². The maximum atomic E-state index is 12.8. The molecule has 1 amide bonds. The number of rotatable bonds is 5. The highest BCUT2D eigenvalue weighted by Gasteiger charge is 2.27. The molecule has 6 heteroatoms. The Morgan fingerprint density at radius 1 is 1.16 bits per heavy atom. The van der Waals surface area contributed by atoms with Gasteiger partial charge in [-0.15, -0.1) is 0 Å². The van der Waals surface area contributed by atoms with Gasteiger partial charge in [0.2, 0.25) is 5.91 Å². The van der Waals surface area contributed by atoms with E-state index in [1.54, 1.807) is 6.07 Å². The van der Waals surface area contributed by atoms with E-state index in [4.69, 9.17) is 0 Å². The van der Waals surface area contributed by atoms with E-state index in [-0.39, 0.29) is 18.0 Å². The maximum absolute atomic E-state index is 12.8. The quantitative estimate of drug-likeness (QED) is 0.815. The van der Waals surface area contributed by atoms with Gasteiger partial charge in [0.15, 0.2) is 0 Å². The third-order valence-electron chi connectivity index (χ3n) is 5.65. The summed E-state index contributed by atoms with van der Waals surface area (Å²) in [4.78, 5) is 29.5. The second kappa shape index (κ2) is 8.13. The molecule has 138 valence electrons. The molecule has 1 aromatic heterocycles. The second-order valence-corrected chi connectivity index (χ2v) is 7.48. The molecular formula is C19H30N4O2. The third kappa shape index (κ3) is 4.48. The second-order valence-electron chi connectivity index (χ2n) is 7.48. The number of aromatic nitrogens is 2. The van der Waals surface area contributed by atoms with Crippen LogP contribution in [0.3, 0.4) is 0 Å². The number of hydrogen-bond donors (Lipinski definition) is 0. The van der Waals surface area contributed by atoms with Crippen molar-refractivity contribution < 1.29 is 4.79 Å². The van der Waals surface area contributed by atoms with Gasteiger partial charge in [0.1, 0.15) is 6.54 Å². The Kier molecular flexibility index (Phi) is 5.89. The van der Waals surface area contributed by atoms with Crippen LogP contribution in [0.5, 0.6) is 0 Å². The summed E-state index contributed by atoms with van der Waals surface area (Å²) in [6, 6.07) is 1.88. The molecule has 0 saturated carbocycles. The van der Waals surface area contributed by atoms with Gasteiger partial charge in [-0.25, -0.2) is 4.68 Å². The Hall–Kier alpha value is -1.69. The van der Waals surface area contributed by atoms with Crippen molar-refractivity contribution in [2.45, 2.75) is 65.0 Å². The summed E-state index contributed by atoms with van der Waals surface area (Å²) in [5, 5.41) is 4.29. The number of hydrogen-bond acceptors (Lipinski definition) is 4. The predicted octanol–water partition coefficient (Wildman–Crippen LogP) is 1.73. The van der Waals surface area contributed by atoms with Crippen LogP contribution in [0.25, 0.3) is 0 Å². The summed E-state index contributed by atoms with van der Waals surface area (Å²) in [6.45, 7) is 8.08. The number of piperidine rings is 1. The van der Waals surface area contributed by atoms with E-state index in [0.717, 1.165) is 43.6 Å². The fourth-order valence-corrected chi connectivity index (χ4v) is 3.97. The monoisotopic (exact) mass is 346 g/mol. The van der Waals surface area contributed by atoms with Crippen molar-refractivity contribution in [3.8, 4) is 0 Å². The highest BCUT2D eigenvalue weighted by Crippen LogP contribution is 2.21. The summed E-state index contributed by atoms with van der Waals surface area (Å²) in [5.74, 6) is 0.0315. The molecule has 2 fully saturated rings. The van der Waals surface area contributed by atoms with Crippen molar-refractivity contribution in [2.24, 2.45) is 0 Å². The first kappa shape index (κ1) is 18.1. The van der Waals surface area contributed by atoms with Gasteiger partial charge in [-0.1, -0.05) is 0 Å². The highest BCUT2D eigenvalue weighted by molar-refractivity contribution is 5.76. The number of nitrogens with zero attached hydrogens (tertiary/aromatic N) is 4. The minimum absolute atomic E-state index is 0.0315.